The quantitative estimate of drug-likeness (QED) is 0.858. The number of rotatable bonds is 6. The molecule has 0 aliphatic carbocycles. The average molecular weight is 331 g/mol. The lowest BCUT2D eigenvalue weighted by molar-refractivity contribution is -0.127. The van der Waals surface area contributed by atoms with Crippen LogP contribution in [0.4, 0.5) is 0 Å². The van der Waals surface area contributed by atoms with E-state index >= 15 is 0 Å². The van der Waals surface area contributed by atoms with E-state index in [9.17, 15) is 4.79 Å². The Labute approximate surface area is 145 Å². The molecule has 5 nitrogen and oxygen atoms in total. The lowest BCUT2D eigenvalue weighted by atomic mass is 10.1. The van der Waals surface area contributed by atoms with Crippen LogP contribution in [-0.2, 0) is 16.1 Å². The number of nitrogens with zero attached hydrogens (tertiary/aromatic N) is 2. The minimum Gasteiger partial charge on any atom is -0.376 e. The summed E-state index contributed by atoms with van der Waals surface area (Å²) >= 11 is 0. The van der Waals surface area contributed by atoms with Crippen LogP contribution in [0.15, 0.2) is 30.3 Å². The Morgan fingerprint density at radius 1 is 1.25 bits per heavy atom. The molecule has 3 rings (SSSR count). The Kier molecular flexibility index (Phi) is 6.24. The van der Waals surface area contributed by atoms with Crippen LogP contribution in [-0.4, -0.2) is 67.2 Å². The summed E-state index contributed by atoms with van der Waals surface area (Å²) in [6.45, 7) is 8.40. The molecule has 1 N–H and O–H groups in total. The monoisotopic (exact) mass is 331 g/mol. The fourth-order valence-corrected chi connectivity index (χ4v) is 3.48. The number of nitrogens with one attached hydrogen (secondary N) is 1. The fraction of sp³-hybridized carbons (Fsp3) is 0.632. The maximum Gasteiger partial charge on any atom is 0.237 e. The summed E-state index contributed by atoms with van der Waals surface area (Å²) in [7, 11) is 0. The van der Waals surface area contributed by atoms with E-state index in [1.807, 2.05) is 6.92 Å². The van der Waals surface area contributed by atoms with E-state index < -0.39 is 0 Å². The minimum absolute atomic E-state index is 0.0646. The highest BCUT2D eigenvalue weighted by atomic mass is 16.5. The molecule has 2 saturated heterocycles. The number of carbonyl (C=O) groups is 1. The van der Waals surface area contributed by atoms with Crippen LogP contribution in [0, 0.1) is 0 Å². The second kappa shape index (κ2) is 8.60. The number of carbonyl (C=O) groups excluding carboxylic acids is 1. The van der Waals surface area contributed by atoms with E-state index in [0.717, 1.165) is 52.2 Å². The van der Waals surface area contributed by atoms with Crippen molar-refractivity contribution in [3.05, 3.63) is 35.9 Å². The third-order valence-corrected chi connectivity index (χ3v) is 5.11. The summed E-state index contributed by atoms with van der Waals surface area (Å²) < 4.78 is 5.56. The first-order valence-corrected chi connectivity index (χ1v) is 9.12. The molecule has 1 amide bonds. The molecule has 24 heavy (non-hydrogen) atoms. The SMILES string of the molecule is C[C@@H](C(=O)NC[C@@H]1CCCO1)N1CCN(Cc2ccccc2)CC1. The lowest BCUT2D eigenvalue weighted by Gasteiger charge is -2.37. The third kappa shape index (κ3) is 4.79. The smallest absolute Gasteiger partial charge is 0.237 e. The van der Waals surface area contributed by atoms with Crippen LogP contribution >= 0.6 is 0 Å². The van der Waals surface area contributed by atoms with Gasteiger partial charge in [0.05, 0.1) is 12.1 Å². The first-order chi connectivity index (χ1) is 11.7. The lowest BCUT2D eigenvalue weighted by Crippen LogP contribution is -2.54. The minimum atomic E-state index is -0.0646. The Morgan fingerprint density at radius 3 is 2.67 bits per heavy atom. The van der Waals surface area contributed by atoms with Crippen molar-refractivity contribution in [1.82, 2.24) is 15.1 Å². The third-order valence-electron chi connectivity index (χ3n) is 5.11. The highest BCUT2D eigenvalue weighted by Gasteiger charge is 2.26. The van der Waals surface area contributed by atoms with Gasteiger partial charge in [-0.2, -0.15) is 0 Å². The van der Waals surface area contributed by atoms with E-state index in [4.69, 9.17) is 4.74 Å². The van der Waals surface area contributed by atoms with Gasteiger partial charge in [0, 0.05) is 45.9 Å². The molecule has 0 saturated carbocycles. The van der Waals surface area contributed by atoms with Crippen LogP contribution in [0.25, 0.3) is 0 Å². The Bertz CT molecular complexity index is 509. The summed E-state index contributed by atoms with van der Waals surface area (Å²) in [5.41, 5.74) is 1.35. The molecule has 2 heterocycles. The molecule has 132 valence electrons. The van der Waals surface area contributed by atoms with E-state index in [1.54, 1.807) is 0 Å². The Hall–Kier alpha value is -1.43. The van der Waals surface area contributed by atoms with Crippen molar-refractivity contribution in [2.24, 2.45) is 0 Å². The van der Waals surface area contributed by atoms with Crippen molar-refractivity contribution in [3.8, 4) is 0 Å². The van der Waals surface area contributed by atoms with Gasteiger partial charge in [0.15, 0.2) is 0 Å². The summed E-state index contributed by atoms with van der Waals surface area (Å²) in [4.78, 5) is 17.1. The molecular weight excluding hydrogens is 302 g/mol. The molecule has 0 radical (unpaired) electrons. The van der Waals surface area contributed by atoms with Crippen LogP contribution in [0.5, 0.6) is 0 Å². The van der Waals surface area contributed by atoms with Gasteiger partial charge < -0.3 is 10.1 Å². The number of hydrogen-bond acceptors (Lipinski definition) is 4. The van der Waals surface area contributed by atoms with Gasteiger partial charge in [0.2, 0.25) is 5.91 Å². The predicted octanol–water partition coefficient (Wildman–Crippen LogP) is 1.49. The molecule has 0 bridgehead atoms. The highest BCUT2D eigenvalue weighted by molar-refractivity contribution is 5.81. The van der Waals surface area contributed by atoms with Crippen molar-refractivity contribution in [2.75, 3.05) is 39.3 Å². The molecule has 0 spiro atoms. The van der Waals surface area contributed by atoms with Gasteiger partial charge in [-0.1, -0.05) is 30.3 Å². The average Bonchev–Trinajstić information content (AvgIpc) is 3.14. The van der Waals surface area contributed by atoms with Gasteiger partial charge in [-0.25, -0.2) is 0 Å². The molecular formula is C19H29N3O2. The van der Waals surface area contributed by atoms with Crippen LogP contribution < -0.4 is 5.32 Å². The first-order valence-electron chi connectivity index (χ1n) is 9.12. The second-order valence-corrected chi connectivity index (χ2v) is 6.85. The van der Waals surface area contributed by atoms with Crippen molar-refractivity contribution in [3.63, 3.8) is 0 Å². The molecule has 2 atom stereocenters. The van der Waals surface area contributed by atoms with Gasteiger partial charge in [0.1, 0.15) is 0 Å². The van der Waals surface area contributed by atoms with E-state index in [0.29, 0.717) is 6.54 Å². The van der Waals surface area contributed by atoms with Gasteiger partial charge in [-0.15, -0.1) is 0 Å². The maximum atomic E-state index is 12.3. The van der Waals surface area contributed by atoms with Gasteiger partial charge in [-0.05, 0) is 25.3 Å². The molecule has 0 aromatic heterocycles. The summed E-state index contributed by atoms with van der Waals surface area (Å²) in [5.74, 6) is 0.127. The molecule has 2 aliphatic heterocycles. The number of ether oxygens (including phenoxy) is 1. The standard InChI is InChI=1S/C19H29N3O2/c1-16(19(23)20-14-18-8-5-13-24-18)22-11-9-21(10-12-22)15-17-6-3-2-4-7-17/h2-4,6-7,16,18H,5,8-15H2,1H3,(H,20,23)/t16-,18-/m0/s1. The molecule has 1 aromatic carbocycles. The number of benzene rings is 1. The topological polar surface area (TPSA) is 44.8 Å². The fourth-order valence-electron chi connectivity index (χ4n) is 3.48. The molecule has 1 aromatic rings. The number of hydrogen-bond donors (Lipinski definition) is 1. The molecule has 2 aliphatic rings. The summed E-state index contributed by atoms with van der Waals surface area (Å²) in [5, 5.41) is 3.05. The van der Waals surface area contributed by atoms with Crippen LogP contribution in [0.1, 0.15) is 25.3 Å². The Balaban J connectivity index is 1.39. The second-order valence-electron chi connectivity index (χ2n) is 6.85. The molecule has 2 fully saturated rings. The normalized spacial score (nSPS) is 24.0. The van der Waals surface area contributed by atoms with E-state index in [2.05, 4.69) is 45.4 Å². The van der Waals surface area contributed by atoms with Gasteiger partial charge in [-0.3, -0.25) is 14.6 Å². The van der Waals surface area contributed by atoms with Crippen molar-refractivity contribution in [2.45, 2.75) is 38.5 Å². The largest absolute Gasteiger partial charge is 0.376 e. The van der Waals surface area contributed by atoms with Crippen LogP contribution in [0.2, 0.25) is 0 Å². The van der Waals surface area contributed by atoms with Crippen molar-refractivity contribution >= 4 is 5.91 Å². The van der Waals surface area contributed by atoms with Crippen LogP contribution in [0.3, 0.4) is 0 Å². The maximum absolute atomic E-state index is 12.3. The molecule has 5 heteroatoms. The van der Waals surface area contributed by atoms with Gasteiger partial charge in [0.25, 0.3) is 0 Å². The zero-order chi connectivity index (χ0) is 16.8. The van der Waals surface area contributed by atoms with E-state index in [-0.39, 0.29) is 18.1 Å². The number of piperazine rings is 1. The highest BCUT2D eigenvalue weighted by Crippen LogP contribution is 2.12. The molecule has 0 unspecified atom stereocenters. The predicted molar refractivity (Wildman–Crippen MR) is 94.7 cm³/mol. The summed E-state index contributed by atoms with van der Waals surface area (Å²) in [6, 6.07) is 10.5. The van der Waals surface area contributed by atoms with E-state index in [1.165, 1.54) is 5.56 Å². The first kappa shape index (κ1) is 17.4. The zero-order valence-electron chi connectivity index (χ0n) is 14.6. The zero-order valence-corrected chi connectivity index (χ0v) is 14.6. The van der Waals surface area contributed by atoms with Crippen molar-refractivity contribution in [1.29, 1.82) is 0 Å². The summed E-state index contributed by atoms with van der Waals surface area (Å²) in [6.07, 6.45) is 2.38. The Morgan fingerprint density at radius 2 is 2.00 bits per heavy atom. The van der Waals surface area contributed by atoms with Crippen molar-refractivity contribution < 1.29 is 9.53 Å². The van der Waals surface area contributed by atoms with Gasteiger partial charge >= 0.3 is 0 Å². The number of amides is 1.